The molecule has 1 aromatic carbocycles. The Morgan fingerprint density at radius 2 is 1.92 bits per heavy atom. The van der Waals surface area contributed by atoms with Gasteiger partial charge in [0, 0.05) is 32.1 Å². The molecule has 24 heavy (non-hydrogen) atoms. The van der Waals surface area contributed by atoms with Crippen LogP contribution in [-0.2, 0) is 20.6 Å². The Bertz CT molecular complexity index is 698. The summed E-state index contributed by atoms with van der Waals surface area (Å²) in [4.78, 5) is 14.2. The number of rotatable bonds is 4. The molecule has 1 aliphatic heterocycles. The van der Waals surface area contributed by atoms with Gasteiger partial charge in [-0.1, -0.05) is 36.2 Å². The average Bonchev–Trinajstić information content (AvgIpc) is 2.71. The fourth-order valence-electron chi connectivity index (χ4n) is 3.41. The molecule has 1 aliphatic carbocycles. The first-order valence-electron chi connectivity index (χ1n) is 8.78. The van der Waals surface area contributed by atoms with Crippen LogP contribution in [-0.4, -0.2) is 49.7 Å². The molecule has 132 valence electrons. The van der Waals surface area contributed by atoms with E-state index in [9.17, 15) is 13.2 Å². The van der Waals surface area contributed by atoms with Crippen molar-refractivity contribution >= 4 is 15.9 Å². The maximum atomic E-state index is 12.7. The van der Waals surface area contributed by atoms with Crippen molar-refractivity contribution in [1.82, 2.24) is 9.21 Å². The van der Waals surface area contributed by atoms with E-state index in [4.69, 9.17) is 0 Å². The van der Waals surface area contributed by atoms with Crippen LogP contribution < -0.4 is 0 Å². The van der Waals surface area contributed by atoms with Crippen LogP contribution in [0.15, 0.2) is 24.3 Å². The Morgan fingerprint density at radius 3 is 2.58 bits per heavy atom. The Kier molecular flexibility index (Phi) is 5.25. The number of nitrogens with zero attached hydrogens (tertiary/aromatic N) is 2. The highest BCUT2D eigenvalue weighted by Gasteiger charge is 2.32. The van der Waals surface area contributed by atoms with Crippen molar-refractivity contribution in [1.29, 1.82) is 0 Å². The van der Waals surface area contributed by atoms with E-state index >= 15 is 0 Å². The maximum absolute atomic E-state index is 12.7. The minimum absolute atomic E-state index is 0.0330. The standard InChI is InChI=1S/C18H26N2O3S/c1-15-5-2-6-16(13-15)14-24(22,23)20-10-4-9-19(11-12-20)18(21)17-7-3-8-17/h2,5-6,13,17H,3-4,7-12,14H2,1H3. The highest BCUT2D eigenvalue weighted by Crippen LogP contribution is 2.28. The number of amides is 1. The number of sulfonamides is 1. The molecule has 5 nitrogen and oxygen atoms in total. The Morgan fingerprint density at radius 1 is 1.12 bits per heavy atom. The lowest BCUT2D eigenvalue weighted by Crippen LogP contribution is -2.41. The van der Waals surface area contributed by atoms with Crippen LogP contribution in [0.5, 0.6) is 0 Å². The zero-order valence-electron chi connectivity index (χ0n) is 14.3. The summed E-state index contributed by atoms with van der Waals surface area (Å²) >= 11 is 0. The second kappa shape index (κ2) is 7.23. The molecule has 6 heteroatoms. The third kappa shape index (κ3) is 3.98. The molecule has 0 atom stereocenters. The lowest BCUT2D eigenvalue weighted by Gasteiger charge is -2.31. The summed E-state index contributed by atoms with van der Waals surface area (Å²) in [6.07, 6.45) is 3.84. The Hall–Kier alpha value is -1.40. The summed E-state index contributed by atoms with van der Waals surface area (Å²) in [6, 6.07) is 7.63. The van der Waals surface area contributed by atoms with E-state index in [2.05, 4.69) is 0 Å². The molecule has 1 saturated heterocycles. The van der Waals surface area contributed by atoms with Crippen molar-refractivity contribution in [3.8, 4) is 0 Å². The predicted molar refractivity (Wildman–Crippen MR) is 93.9 cm³/mol. The van der Waals surface area contributed by atoms with Crippen molar-refractivity contribution < 1.29 is 13.2 Å². The van der Waals surface area contributed by atoms with Crippen LogP contribution in [0.2, 0.25) is 0 Å². The zero-order chi connectivity index (χ0) is 17.2. The average molecular weight is 350 g/mol. The van der Waals surface area contributed by atoms with Crippen LogP contribution in [0.3, 0.4) is 0 Å². The first kappa shape index (κ1) is 17.4. The molecule has 0 spiro atoms. The molecule has 0 aromatic heterocycles. The number of benzene rings is 1. The van der Waals surface area contributed by atoms with E-state index in [1.165, 1.54) is 0 Å². The second-order valence-electron chi connectivity index (χ2n) is 6.95. The third-order valence-electron chi connectivity index (χ3n) is 5.05. The number of aryl methyl sites for hydroxylation is 1. The van der Waals surface area contributed by atoms with Crippen molar-refractivity contribution in [3.63, 3.8) is 0 Å². The second-order valence-corrected chi connectivity index (χ2v) is 8.92. The number of carbonyl (C=O) groups is 1. The molecular weight excluding hydrogens is 324 g/mol. The lowest BCUT2D eigenvalue weighted by molar-refractivity contribution is -0.138. The van der Waals surface area contributed by atoms with Gasteiger partial charge in [-0.05, 0) is 31.7 Å². The fourth-order valence-corrected chi connectivity index (χ4v) is 4.96. The van der Waals surface area contributed by atoms with E-state index in [0.29, 0.717) is 32.6 Å². The quantitative estimate of drug-likeness (QED) is 0.836. The van der Waals surface area contributed by atoms with Crippen molar-refractivity contribution in [2.45, 2.75) is 38.4 Å². The molecule has 0 radical (unpaired) electrons. The minimum atomic E-state index is -3.34. The highest BCUT2D eigenvalue weighted by molar-refractivity contribution is 7.88. The SMILES string of the molecule is Cc1cccc(CS(=O)(=O)N2CCCN(C(=O)C3CCC3)CC2)c1. The van der Waals surface area contributed by atoms with Gasteiger partial charge in [0.05, 0.1) is 5.75 Å². The molecule has 1 heterocycles. The normalized spacial score (nSPS) is 20.5. The Balaban J connectivity index is 1.63. The van der Waals surface area contributed by atoms with Crippen LogP contribution in [0.1, 0.15) is 36.8 Å². The fraction of sp³-hybridized carbons (Fsp3) is 0.611. The van der Waals surface area contributed by atoms with Crippen molar-refractivity contribution in [3.05, 3.63) is 35.4 Å². The van der Waals surface area contributed by atoms with Gasteiger partial charge in [-0.15, -0.1) is 0 Å². The van der Waals surface area contributed by atoms with Crippen molar-refractivity contribution in [2.75, 3.05) is 26.2 Å². The van der Waals surface area contributed by atoms with Gasteiger partial charge in [-0.2, -0.15) is 4.31 Å². The summed E-state index contributed by atoms with van der Waals surface area (Å²) < 4.78 is 27.0. The molecule has 0 N–H and O–H groups in total. The van der Waals surface area contributed by atoms with Crippen LogP contribution in [0.25, 0.3) is 0 Å². The van der Waals surface area contributed by atoms with Gasteiger partial charge in [0.2, 0.25) is 15.9 Å². The summed E-state index contributed by atoms with van der Waals surface area (Å²) in [5.41, 5.74) is 1.89. The molecule has 1 saturated carbocycles. The highest BCUT2D eigenvalue weighted by atomic mass is 32.2. The largest absolute Gasteiger partial charge is 0.341 e. The maximum Gasteiger partial charge on any atom is 0.225 e. The van der Waals surface area contributed by atoms with Crippen LogP contribution in [0, 0.1) is 12.8 Å². The molecular formula is C18H26N2O3S. The Labute approximate surface area is 144 Å². The van der Waals surface area contributed by atoms with E-state index < -0.39 is 10.0 Å². The van der Waals surface area contributed by atoms with Gasteiger partial charge in [0.25, 0.3) is 0 Å². The first-order chi connectivity index (χ1) is 11.5. The predicted octanol–water partition coefficient (Wildman–Crippen LogP) is 2.16. The summed E-state index contributed by atoms with van der Waals surface area (Å²) in [5.74, 6) is 0.435. The van der Waals surface area contributed by atoms with Gasteiger partial charge in [0.1, 0.15) is 0 Å². The first-order valence-corrected chi connectivity index (χ1v) is 10.4. The van der Waals surface area contributed by atoms with Gasteiger partial charge < -0.3 is 4.90 Å². The molecule has 1 amide bonds. The molecule has 3 rings (SSSR count). The molecule has 2 aliphatic rings. The van der Waals surface area contributed by atoms with Gasteiger partial charge in [-0.25, -0.2) is 8.42 Å². The van der Waals surface area contributed by atoms with Crippen LogP contribution >= 0.6 is 0 Å². The zero-order valence-corrected chi connectivity index (χ0v) is 15.1. The minimum Gasteiger partial charge on any atom is -0.341 e. The van der Waals surface area contributed by atoms with E-state index in [0.717, 1.165) is 30.4 Å². The molecule has 0 unspecified atom stereocenters. The van der Waals surface area contributed by atoms with Gasteiger partial charge >= 0.3 is 0 Å². The van der Waals surface area contributed by atoms with E-state index in [-0.39, 0.29) is 17.6 Å². The molecule has 1 aromatic rings. The van der Waals surface area contributed by atoms with Gasteiger partial charge in [0.15, 0.2) is 0 Å². The summed E-state index contributed by atoms with van der Waals surface area (Å²) in [6.45, 7) is 4.06. The molecule has 0 bridgehead atoms. The third-order valence-corrected chi connectivity index (χ3v) is 6.90. The summed E-state index contributed by atoms with van der Waals surface area (Å²) in [7, 11) is -3.34. The summed E-state index contributed by atoms with van der Waals surface area (Å²) in [5, 5.41) is 0. The molecule has 2 fully saturated rings. The smallest absolute Gasteiger partial charge is 0.225 e. The van der Waals surface area contributed by atoms with E-state index in [1.807, 2.05) is 36.1 Å². The lowest BCUT2D eigenvalue weighted by atomic mass is 9.84. The van der Waals surface area contributed by atoms with Crippen LogP contribution in [0.4, 0.5) is 0 Å². The monoisotopic (exact) mass is 350 g/mol. The topological polar surface area (TPSA) is 57.7 Å². The number of hydrogen-bond acceptors (Lipinski definition) is 3. The van der Waals surface area contributed by atoms with E-state index in [1.54, 1.807) is 4.31 Å². The number of hydrogen-bond donors (Lipinski definition) is 0. The number of carbonyl (C=O) groups excluding carboxylic acids is 1. The van der Waals surface area contributed by atoms with Gasteiger partial charge in [-0.3, -0.25) is 4.79 Å². The van der Waals surface area contributed by atoms with Crippen molar-refractivity contribution in [2.24, 2.45) is 5.92 Å².